The summed E-state index contributed by atoms with van der Waals surface area (Å²) in [4.78, 5) is 16.8. The van der Waals surface area contributed by atoms with E-state index in [4.69, 9.17) is 5.14 Å². The van der Waals surface area contributed by atoms with Crippen molar-refractivity contribution in [1.82, 2.24) is 9.55 Å². The molecule has 1 amide bonds. The average molecular weight is 403 g/mol. The lowest BCUT2D eigenvalue weighted by atomic mass is 10.3. The Labute approximate surface area is 161 Å². The van der Waals surface area contributed by atoms with Crippen LogP contribution >= 0.6 is 11.8 Å². The number of nitrogens with zero attached hydrogens (tertiary/aromatic N) is 2. The maximum Gasteiger partial charge on any atom is 0.238 e. The van der Waals surface area contributed by atoms with E-state index in [0.29, 0.717) is 12.2 Å². The van der Waals surface area contributed by atoms with E-state index in [1.54, 1.807) is 6.08 Å². The van der Waals surface area contributed by atoms with Gasteiger partial charge in [0.15, 0.2) is 5.16 Å². The summed E-state index contributed by atoms with van der Waals surface area (Å²) < 4.78 is 24.5. The number of benzene rings is 2. The number of nitrogens with one attached hydrogen (secondary N) is 1. The molecule has 27 heavy (non-hydrogen) atoms. The number of imidazole rings is 1. The number of amides is 1. The zero-order chi connectivity index (χ0) is 19.4. The molecule has 0 fully saturated rings. The van der Waals surface area contributed by atoms with Crippen molar-refractivity contribution in [2.45, 2.75) is 16.6 Å². The molecule has 0 aliphatic heterocycles. The summed E-state index contributed by atoms with van der Waals surface area (Å²) >= 11 is 1.32. The van der Waals surface area contributed by atoms with Crippen molar-refractivity contribution < 1.29 is 13.2 Å². The van der Waals surface area contributed by atoms with Crippen LogP contribution in [0.2, 0.25) is 0 Å². The quantitative estimate of drug-likeness (QED) is 0.467. The molecule has 7 nitrogen and oxygen atoms in total. The molecule has 140 valence electrons. The highest BCUT2D eigenvalue weighted by Gasteiger charge is 2.13. The first-order chi connectivity index (χ1) is 12.9. The molecule has 2 aromatic carbocycles. The van der Waals surface area contributed by atoms with Gasteiger partial charge in [-0.2, -0.15) is 0 Å². The second kappa shape index (κ2) is 7.95. The van der Waals surface area contributed by atoms with Gasteiger partial charge in [0, 0.05) is 12.2 Å². The van der Waals surface area contributed by atoms with Gasteiger partial charge in [-0.25, -0.2) is 18.5 Å². The molecule has 3 N–H and O–H groups in total. The van der Waals surface area contributed by atoms with Gasteiger partial charge in [0.1, 0.15) is 0 Å². The third kappa shape index (κ3) is 4.57. The standard InChI is InChI=1S/C18H18N4O3S2/c1-2-11-22-16-6-4-3-5-15(16)21-18(22)26-12-17(23)20-13-7-9-14(10-8-13)27(19,24)25/h2-10H,1,11-12H2,(H,20,23)(H2,19,24,25). The lowest BCUT2D eigenvalue weighted by molar-refractivity contribution is -0.113. The topological polar surface area (TPSA) is 107 Å². The van der Waals surface area contributed by atoms with Crippen LogP contribution in [0, 0.1) is 0 Å². The van der Waals surface area contributed by atoms with Gasteiger partial charge in [-0.1, -0.05) is 30.0 Å². The molecule has 0 aliphatic carbocycles. The molecule has 3 aromatic rings. The Morgan fingerprint density at radius 1 is 1.22 bits per heavy atom. The summed E-state index contributed by atoms with van der Waals surface area (Å²) in [5, 5.41) is 8.51. The lowest BCUT2D eigenvalue weighted by Crippen LogP contribution is -2.15. The van der Waals surface area contributed by atoms with Crippen molar-refractivity contribution >= 4 is 44.4 Å². The lowest BCUT2D eigenvalue weighted by Gasteiger charge is -2.07. The number of hydrogen-bond donors (Lipinski definition) is 2. The molecule has 0 saturated carbocycles. The number of fused-ring (bicyclic) bond motifs is 1. The molecular formula is C18H18N4O3S2. The number of thioether (sulfide) groups is 1. The van der Waals surface area contributed by atoms with E-state index in [2.05, 4.69) is 16.9 Å². The molecule has 1 aromatic heterocycles. The Morgan fingerprint density at radius 3 is 2.59 bits per heavy atom. The Hall–Kier alpha value is -2.62. The van der Waals surface area contributed by atoms with Crippen LogP contribution in [0.25, 0.3) is 11.0 Å². The average Bonchev–Trinajstić information content (AvgIpc) is 2.98. The van der Waals surface area contributed by atoms with Gasteiger partial charge >= 0.3 is 0 Å². The molecule has 0 unspecified atom stereocenters. The number of primary sulfonamides is 1. The first kappa shape index (κ1) is 19.2. The van der Waals surface area contributed by atoms with Gasteiger partial charge in [0.25, 0.3) is 0 Å². The molecular weight excluding hydrogens is 384 g/mol. The van der Waals surface area contributed by atoms with Gasteiger partial charge in [-0.3, -0.25) is 4.79 Å². The predicted octanol–water partition coefficient (Wildman–Crippen LogP) is 2.60. The van der Waals surface area contributed by atoms with E-state index in [1.165, 1.54) is 36.0 Å². The Bertz CT molecular complexity index is 1090. The SMILES string of the molecule is C=CCn1c(SCC(=O)Nc2ccc(S(N)(=O)=O)cc2)nc2ccccc21. The van der Waals surface area contributed by atoms with E-state index in [9.17, 15) is 13.2 Å². The molecule has 0 saturated heterocycles. The van der Waals surface area contributed by atoms with Crippen molar-refractivity contribution in [2.75, 3.05) is 11.1 Å². The van der Waals surface area contributed by atoms with Crippen LogP contribution in [0.1, 0.15) is 0 Å². The second-order valence-electron chi connectivity index (χ2n) is 5.69. The molecule has 0 radical (unpaired) electrons. The summed E-state index contributed by atoms with van der Waals surface area (Å²) in [5.74, 6) is -0.0576. The van der Waals surface area contributed by atoms with Crippen LogP contribution in [-0.4, -0.2) is 29.6 Å². The van der Waals surface area contributed by atoms with Crippen LogP contribution in [0.5, 0.6) is 0 Å². The van der Waals surface area contributed by atoms with Crippen molar-refractivity contribution in [1.29, 1.82) is 0 Å². The van der Waals surface area contributed by atoms with E-state index in [0.717, 1.165) is 16.2 Å². The van der Waals surface area contributed by atoms with E-state index in [-0.39, 0.29) is 16.6 Å². The largest absolute Gasteiger partial charge is 0.325 e. The third-order valence-electron chi connectivity index (χ3n) is 3.73. The molecule has 9 heteroatoms. The fourth-order valence-electron chi connectivity index (χ4n) is 2.52. The van der Waals surface area contributed by atoms with Gasteiger partial charge < -0.3 is 9.88 Å². The number of hydrogen-bond acceptors (Lipinski definition) is 5. The maximum absolute atomic E-state index is 12.2. The smallest absolute Gasteiger partial charge is 0.238 e. The van der Waals surface area contributed by atoms with Crippen molar-refractivity contribution in [2.24, 2.45) is 5.14 Å². The Morgan fingerprint density at radius 2 is 1.93 bits per heavy atom. The number of sulfonamides is 1. The highest BCUT2D eigenvalue weighted by Crippen LogP contribution is 2.24. The Kier molecular flexibility index (Phi) is 5.64. The normalized spacial score (nSPS) is 11.4. The number of carbonyl (C=O) groups excluding carboxylic acids is 1. The minimum absolute atomic E-state index is 0.00647. The minimum atomic E-state index is -3.75. The zero-order valence-electron chi connectivity index (χ0n) is 14.3. The zero-order valence-corrected chi connectivity index (χ0v) is 16.0. The van der Waals surface area contributed by atoms with Crippen LogP contribution in [0.4, 0.5) is 5.69 Å². The number of aromatic nitrogens is 2. The van der Waals surface area contributed by atoms with Crippen molar-refractivity contribution in [3.63, 3.8) is 0 Å². The van der Waals surface area contributed by atoms with E-state index in [1.807, 2.05) is 28.8 Å². The van der Waals surface area contributed by atoms with Gasteiger partial charge in [-0.05, 0) is 36.4 Å². The highest BCUT2D eigenvalue weighted by atomic mass is 32.2. The summed E-state index contributed by atoms with van der Waals surface area (Å²) in [6, 6.07) is 13.4. The first-order valence-corrected chi connectivity index (χ1v) is 10.5. The summed E-state index contributed by atoms with van der Waals surface area (Å²) in [5.41, 5.74) is 2.34. The molecule has 3 rings (SSSR count). The fraction of sp³-hybridized carbons (Fsp3) is 0.111. The molecule has 0 bridgehead atoms. The van der Waals surface area contributed by atoms with Crippen LogP contribution in [-0.2, 0) is 21.4 Å². The number of anilines is 1. The summed E-state index contributed by atoms with van der Waals surface area (Å²) in [6.45, 7) is 4.37. The second-order valence-corrected chi connectivity index (χ2v) is 8.19. The third-order valence-corrected chi connectivity index (χ3v) is 5.64. The predicted molar refractivity (Wildman–Crippen MR) is 107 cm³/mol. The molecule has 0 atom stereocenters. The minimum Gasteiger partial charge on any atom is -0.325 e. The number of carbonyl (C=O) groups is 1. The number of nitrogens with two attached hydrogens (primary N) is 1. The van der Waals surface area contributed by atoms with Gasteiger partial charge in [-0.15, -0.1) is 6.58 Å². The van der Waals surface area contributed by atoms with Crippen LogP contribution in [0.3, 0.4) is 0 Å². The summed E-state index contributed by atoms with van der Waals surface area (Å²) in [6.07, 6.45) is 1.78. The number of rotatable bonds is 7. The number of allylic oxidation sites excluding steroid dienone is 1. The highest BCUT2D eigenvalue weighted by molar-refractivity contribution is 7.99. The Balaban J connectivity index is 1.68. The number of para-hydroxylation sites is 2. The molecule has 0 aliphatic rings. The van der Waals surface area contributed by atoms with Gasteiger partial charge in [0.05, 0.1) is 21.7 Å². The van der Waals surface area contributed by atoms with E-state index >= 15 is 0 Å². The fourth-order valence-corrected chi connectivity index (χ4v) is 3.86. The molecule has 0 spiro atoms. The van der Waals surface area contributed by atoms with Crippen molar-refractivity contribution in [3.8, 4) is 0 Å². The monoisotopic (exact) mass is 402 g/mol. The first-order valence-electron chi connectivity index (χ1n) is 8.00. The van der Waals surface area contributed by atoms with E-state index < -0.39 is 10.0 Å². The summed E-state index contributed by atoms with van der Waals surface area (Å²) in [7, 11) is -3.75. The van der Waals surface area contributed by atoms with Crippen molar-refractivity contribution in [3.05, 3.63) is 61.2 Å². The van der Waals surface area contributed by atoms with Gasteiger partial charge in [0.2, 0.25) is 15.9 Å². The van der Waals surface area contributed by atoms with Crippen LogP contribution in [0.15, 0.2) is 71.2 Å². The molecule has 1 heterocycles. The maximum atomic E-state index is 12.2. The van der Waals surface area contributed by atoms with Crippen LogP contribution < -0.4 is 10.5 Å².